The van der Waals surface area contributed by atoms with Crippen molar-refractivity contribution in [1.29, 1.82) is 0 Å². The molecule has 4 nitrogen and oxygen atoms in total. The summed E-state index contributed by atoms with van der Waals surface area (Å²) in [6.07, 6.45) is 0. The molecule has 0 unspecified atom stereocenters. The molecule has 82 valence electrons. The van der Waals surface area contributed by atoms with Crippen LogP contribution in [0.5, 0.6) is 0 Å². The summed E-state index contributed by atoms with van der Waals surface area (Å²) in [5, 5.41) is 24.6. The summed E-state index contributed by atoms with van der Waals surface area (Å²) in [6, 6.07) is 5.50. The number of rotatable bonds is 5. The van der Waals surface area contributed by atoms with Crippen LogP contribution in [-0.4, -0.2) is 30.3 Å². The first kappa shape index (κ1) is 11.9. The fraction of sp³-hybridized carbons (Fsp3) is 0.400. The summed E-state index contributed by atoms with van der Waals surface area (Å²) in [7, 11) is -1.45. The highest BCUT2D eigenvalue weighted by Crippen LogP contribution is 2.11. The van der Waals surface area contributed by atoms with Crippen LogP contribution in [0.2, 0.25) is 0 Å². The van der Waals surface area contributed by atoms with Gasteiger partial charge in [-0.1, -0.05) is 0 Å². The Balaban J connectivity index is 2.97. The van der Waals surface area contributed by atoms with E-state index >= 15 is 0 Å². The summed E-state index contributed by atoms with van der Waals surface area (Å²) < 4.78 is 0. The van der Waals surface area contributed by atoms with E-state index in [0.29, 0.717) is 5.46 Å². The monoisotopic (exact) mass is 208 g/mol. The lowest BCUT2D eigenvalue weighted by molar-refractivity contribution is 0.426. The standard InChI is InChI=1S/C10H17BN2O2/c1-3-12-8-5-6-10(13-4-2)9(7-8)11(14)15/h5-7,12-15H,3-4H2,1-2H3. The molecule has 0 aliphatic heterocycles. The zero-order valence-electron chi connectivity index (χ0n) is 9.12. The first-order valence-corrected chi connectivity index (χ1v) is 5.16. The Morgan fingerprint density at radius 2 is 1.80 bits per heavy atom. The van der Waals surface area contributed by atoms with Crippen molar-refractivity contribution in [3.8, 4) is 0 Å². The van der Waals surface area contributed by atoms with Gasteiger partial charge in [0, 0.05) is 29.9 Å². The van der Waals surface area contributed by atoms with Crippen molar-refractivity contribution in [3.63, 3.8) is 0 Å². The van der Waals surface area contributed by atoms with Gasteiger partial charge in [0.05, 0.1) is 0 Å². The average Bonchev–Trinajstić information content (AvgIpc) is 2.21. The second-order valence-corrected chi connectivity index (χ2v) is 3.24. The number of anilines is 2. The largest absolute Gasteiger partial charge is 0.490 e. The van der Waals surface area contributed by atoms with E-state index in [4.69, 9.17) is 0 Å². The van der Waals surface area contributed by atoms with Gasteiger partial charge in [-0.25, -0.2) is 0 Å². The summed E-state index contributed by atoms with van der Waals surface area (Å²) in [5.41, 5.74) is 2.15. The quantitative estimate of drug-likeness (QED) is 0.523. The van der Waals surface area contributed by atoms with Gasteiger partial charge in [0.25, 0.3) is 0 Å². The minimum atomic E-state index is -1.45. The minimum Gasteiger partial charge on any atom is -0.423 e. The van der Waals surface area contributed by atoms with Gasteiger partial charge in [0.2, 0.25) is 0 Å². The number of hydrogen-bond donors (Lipinski definition) is 4. The number of hydrogen-bond acceptors (Lipinski definition) is 4. The molecule has 4 N–H and O–H groups in total. The lowest BCUT2D eigenvalue weighted by atomic mass is 9.78. The maximum atomic E-state index is 9.21. The molecule has 0 amide bonds. The Bertz CT molecular complexity index is 318. The van der Waals surface area contributed by atoms with Crippen LogP contribution in [0.4, 0.5) is 11.4 Å². The Labute approximate surface area is 90.5 Å². The maximum Gasteiger partial charge on any atom is 0.490 e. The van der Waals surface area contributed by atoms with Gasteiger partial charge in [-0.15, -0.1) is 0 Å². The van der Waals surface area contributed by atoms with E-state index in [9.17, 15) is 10.0 Å². The van der Waals surface area contributed by atoms with Gasteiger partial charge in [0.1, 0.15) is 0 Å². The molecule has 0 spiro atoms. The molecule has 0 aromatic heterocycles. The van der Waals surface area contributed by atoms with Gasteiger partial charge < -0.3 is 20.7 Å². The lowest BCUT2D eigenvalue weighted by Crippen LogP contribution is -2.32. The number of nitrogens with one attached hydrogen (secondary N) is 2. The Morgan fingerprint density at radius 3 is 2.33 bits per heavy atom. The van der Waals surface area contributed by atoms with Crippen molar-refractivity contribution in [3.05, 3.63) is 18.2 Å². The third-order valence-electron chi connectivity index (χ3n) is 2.08. The SMILES string of the molecule is CCNc1ccc(NCC)c(B(O)O)c1. The van der Waals surface area contributed by atoms with Crippen molar-refractivity contribution in [2.24, 2.45) is 0 Å². The Hall–Kier alpha value is -1.20. The van der Waals surface area contributed by atoms with Crippen molar-refractivity contribution in [2.75, 3.05) is 23.7 Å². The molecule has 0 aliphatic carbocycles. The van der Waals surface area contributed by atoms with Gasteiger partial charge in [-0.2, -0.15) is 0 Å². The molecule has 15 heavy (non-hydrogen) atoms. The van der Waals surface area contributed by atoms with E-state index in [1.165, 1.54) is 0 Å². The van der Waals surface area contributed by atoms with Gasteiger partial charge in [-0.05, 0) is 32.0 Å². The van der Waals surface area contributed by atoms with Gasteiger partial charge in [-0.3, -0.25) is 0 Å². The molecule has 0 bridgehead atoms. The zero-order chi connectivity index (χ0) is 11.3. The minimum absolute atomic E-state index is 0.496. The van der Waals surface area contributed by atoms with Gasteiger partial charge >= 0.3 is 7.12 Å². The van der Waals surface area contributed by atoms with E-state index < -0.39 is 7.12 Å². The molecule has 0 radical (unpaired) electrons. The lowest BCUT2D eigenvalue weighted by Gasteiger charge is -2.12. The molecule has 0 aliphatic rings. The van der Waals surface area contributed by atoms with Crippen molar-refractivity contribution in [2.45, 2.75) is 13.8 Å². The topological polar surface area (TPSA) is 64.5 Å². The molecule has 0 heterocycles. The van der Waals surface area contributed by atoms with Gasteiger partial charge in [0.15, 0.2) is 0 Å². The second-order valence-electron chi connectivity index (χ2n) is 3.24. The molecular formula is C10H17BN2O2. The first-order chi connectivity index (χ1) is 7.19. The zero-order valence-corrected chi connectivity index (χ0v) is 9.12. The summed E-state index contributed by atoms with van der Waals surface area (Å²) >= 11 is 0. The van der Waals surface area contributed by atoms with Crippen molar-refractivity contribution < 1.29 is 10.0 Å². The van der Waals surface area contributed by atoms with E-state index in [-0.39, 0.29) is 0 Å². The van der Waals surface area contributed by atoms with E-state index in [0.717, 1.165) is 24.5 Å². The maximum absolute atomic E-state index is 9.21. The molecule has 0 saturated carbocycles. The molecule has 0 atom stereocenters. The molecular weight excluding hydrogens is 191 g/mol. The molecule has 1 aromatic carbocycles. The summed E-state index contributed by atoms with van der Waals surface area (Å²) in [5.74, 6) is 0. The second kappa shape index (κ2) is 5.63. The highest BCUT2D eigenvalue weighted by molar-refractivity contribution is 6.60. The van der Waals surface area contributed by atoms with E-state index in [2.05, 4.69) is 10.6 Å². The number of benzene rings is 1. The normalized spacial score (nSPS) is 9.87. The van der Waals surface area contributed by atoms with E-state index in [1.807, 2.05) is 26.0 Å². The summed E-state index contributed by atoms with van der Waals surface area (Å²) in [6.45, 7) is 5.51. The predicted molar refractivity (Wildman–Crippen MR) is 64.6 cm³/mol. The average molecular weight is 208 g/mol. The highest BCUT2D eigenvalue weighted by atomic mass is 16.4. The van der Waals surface area contributed by atoms with E-state index in [1.54, 1.807) is 6.07 Å². The molecule has 5 heteroatoms. The predicted octanol–water partition coefficient (Wildman–Crippen LogP) is 0.230. The highest BCUT2D eigenvalue weighted by Gasteiger charge is 2.16. The van der Waals surface area contributed by atoms with Crippen LogP contribution in [0.15, 0.2) is 18.2 Å². The first-order valence-electron chi connectivity index (χ1n) is 5.16. The molecule has 0 fully saturated rings. The van der Waals surface area contributed by atoms with Crippen LogP contribution in [0.3, 0.4) is 0 Å². The van der Waals surface area contributed by atoms with Crippen LogP contribution in [0.1, 0.15) is 13.8 Å². The Kier molecular flexibility index (Phi) is 4.46. The molecule has 1 aromatic rings. The fourth-order valence-electron chi connectivity index (χ4n) is 1.44. The summed E-state index contributed by atoms with van der Waals surface area (Å²) in [4.78, 5) is 0. The Morgan fingerprint density at radius 1 is 1.13 bits per heavy atom. The van der Waals surface area contributed by atoms with Crippen LogP contribution in [-0.2, 0) is 0 Å². The van der Waals surface area contributed by atoms with Crippen LogP contribution < -0.4 is 16.1 Å². The van der Waals surface area contributed by atoms with Crippen molar-refractivity contribution in [1.82, 2.24) is 0 Å². The van der Waals surface area contributed by atoms with Crippen LogP contribution in [0.25, 0.3) is 0 Å². The molecule has 0 saturated heterocycles. The van der Waals surface area contributed by atoms with Crippen molar-refractivity contribution >= 4 is 24.0 Å². The molecule has 1 rings (SSSR count). The third-order valence-corrected chi connectivity index (χ3v) is 2.08. The smallest absolute Gasteiger partial charge is 0.423 e. The third kappa shape index (κ3) is 3.14. The fourth-order valence-corrected chi connectivity index (χ4v) is 1.44. The van der Waals surface area contributed by atoms with Crippen LogP contribution >= 0.6 is 0 Å². The van der Waals surface area contributed by atoms with Crippen LogP contribution in [0, 0.1) is 0 Å².